The van der Waals surface area contributed by atoms with Gasteiger partial charge in [0.15, 0.2) is 0 Å². The summed E-state index contributed by atoms with van der Waals surface area (Å²) in [6.07, 6.45) is 1.65. The van der Waals surface area contributed by atoms with Gasteiger partial charge in [0.25, 0.3) is 5.91 Å². The minimum Gasteiger partial charge on any atom is -0.363 e. The molecule has 0 saturated carbocycles. The van der Waals surface area contributed by atoms with Crippen molar-refractivity contribution in [2.24, 2.45) is 0 Å². The molecule has 1 N–H and O–H groups in total. The Labute approximate surface area is 132 Å². The zero-order valence-electron chi connectivity index (χ0n) is 11.6. The van der Waals surface area contributed by atoms with E-state index >= 15 is 0 Å². The van der Waals surface area contributed by atoms with Crippen molar-refractivity contribution < 1.29 is 4.79 Å². The Morgan fingerprint density at radius 2 is 2.05 bits per heavy atom. The highest BCUT2D eigenvalue weighted by Gasteiger charge is 2.11. The fourth-order valence-corrected chi connectivity index (χ4v) is 2.15. The number of nitrogens with zero attached hydrogens (tertiary/aromatic N) is 3. The molecule has 0 fully saturated rings. The van der Waals surface area contributed by atoms with Gasteiger partial charge in [0.2, 0.25) is 0 Å². The van der Waals surface area contributed by atoms with Gasteiger partial charge in [-0.05, 0) is 24.3 Å². The molecule has 21 heavy (non-hydrogen) atoms. The maximum Gasteiger partial charge on any atom is 0.253 e. The number of nitrogens with one attached hydrogen (secondary N) is 1. The van der Waals surface area contributed by atoms with Gasteiger partial charge in [0.1, 0.15) is 11.6 Å². The van der Waals surface area contributed by atoms with E-state index in [1.54, 1.807) is 24.4 Å². The number of hydrogen-bond acceptors (Lipinski definition) is 4. The second-order valence-electron chi connectivity index (χ2n) is 4.53. The number of carbonyl (C=O) groups excluding carboxylic acids is 1. The molecule has 0 radical (unpaired) electrons. The van der Waals surface area contributed by atoms with Gasteiger partial charge >= 0.3 is 0 Å². The standard InChI is InChI=1S/C14H14Cl2N4O/c1-20(2)13-5-6-17-12(19-13)8-18-14(21)10-4-3-9(15)7-11(10)16/h3-7H,8H2,1-2H3,(H,18,21). The molecule has 0 unspecified atom stereocenters. The molecule has 0 aliphatic rings. The number of anilines is 1. The summed E-state index contributed by atoms with van der Waals surface area (Å²) in [4.78, 5) is 22.4. The second-order valence-corrected chi connectivity index (χ2v) is 5.38. The van der Waals surface area contributed by atoms with E-state index in [9.17, 15) is 4.79 Å². The smallest absolute Gasteiger partial charge is 0.253 e. The van der Waals surface area contributed by atoms with E-state index in [1.807, 2.05) is 19.0 Å². The topological polar surface area (TPSA) is 58.1 Å². The molecular weight excluding hydrogens is 311 g/mol. The summed E-state index contributed by atoms with van der Waals surface area (Å²) in [5, 5.41) is 3.52. The average Bonchev–Trinajstić information content (AvgIpc) is 2.45. The Hall–Kier alpha value is -1.85. The highest BCUT2D eigenvalue weighted by molar-refractivity contribution is 6.36. The summed E-state index contributed by atoms with van der Waals surface area (Å²) in [5.74, 6) is 1.01. The van der Waals surface area contributed by atoms with Crippen LogP contribution in [-0.4, -0.2) is 30.0 Å². The number of aromatic nitrogens is 2. The minimum atomic E-state index is -0.296. The van der Waals surface area contributed by atoms with Crippen LogP contribution in [0.25, 0.3) is 0 Å². The third-order valence-corrected chi connectivity index (χ3v) is 3.28. The van der Waals surface area contributed by atoms with E-state index < -0.39 is 0 Å². The van der Waals surface area contributed by atoms with E-state index in [0.717, 1.165) is 5.82 Å². The molecule has 2 aromatic rings. The largest absolute Gasteiger partial charge is 0.363 e. The van der Waals surface area contributed by atoms with Crippen molar-refractivity contribution in [1.82, 2.24) is 15.3 Å². The van der Waals surface area contributed by atoms with Crippen LogP contribution in [-0.2, 0) is 6.54 Å². The molecule has 5 nitrogen and oxygen atoms in total. The summed E-state index contributed by atoms with van der Waals surface area (Å²) in [7, 11) is 3.77. The number of benzene rings is 1. The lowest BCUT2D eigenvalue weighted by Gasteiger charge is -2.12. The first-order valence-corrected chi connectivity index (χ1v) is 6.95. The van der Waals surface area contributed by atoms with E-state index in [4.69, 9.17) is 23.2 Å². The van der Waals surface area contributed by atoms with Gasteiger partial charge in [-0.3, -0.25) is 4.79 Å². The molecule has 0 bridgehead atoms. The Bertz CT molecular complexity index is 661. The third-order valence-electron chi connectivity index (χ3n) is 2.73. The Kier molecular flexibility index (Phi) is 4.98. The van der Waals surface area contributed by atoms with Gasteiger partial charge < -0.3 is 10.2 Å². The Morgan fingerprint density at radius 3 is 2.71 bits per heavy atom. The molecule has 1 heterocycles. The first-order chi connectivity index (χ1) is 9.97. The third kappa shape index (κ3) is 4.06. The van der Waals surface area contributed by atoms with Crippen LogP contribution in [0.1, 0.15) is 16.2 Å². The average molecular weight is 325 g/mol. The first-order valence-electron chi connectivity index (χ1n) is 6.20. The number of rotatable bonds is 4. The van der Waals surface area contributed by atoms with Gasteiger partial charge in [0, 0.05) is 25.3 Å². The number of halogens is 2. The van der Waals surface area contributed by atoms with Crippen molar-refractivity contribution in [3.05, 3.63) is 51.9 Å². The predicted octanol–water partition coefficient (Wildman–Crippen LogP) is 2.78. The zero-order valence-corrected chi connectivity index (χ0v) is 13.1. The minimum absolute atomic E-state index is 0.222. The van der Waals surface area contributed by atoms with Gasteiger partial charge in [-0.1, -0.05) is 23.2 Å². The maximum absolute atomic E-state index is 12.1. The number of hydrogen-bond donors (Lipinski definition) is 1. The lowest BCUT2D eigenvalue weighted by molar-refractivity contribution is 0.0950. The van der Waals surface area contributed by atoms with Crippen LogP contribution < -0.4 is 10.2 Å². The van der Waals surface area contributed by atoms with Gasteiger partial charge in [-0.25, -0.2) is 9.97 Å². The van der Waals surface area contributed by atoms with Crippen molar-refractivity contribution in [3.8, 4) is 0 Å². The van der Waals surface area contributed by atoms with Crippen LogP contribution in [0.15, 0.2) is 30.5 Å². The second kappa shape index (κ2) is 6.74. The Balaban J connectivity index is 2.05. The van der Waals surface area contributed by atoms with Gasteiger partial charge in [0.05, 0.1) is 17.1 Å². The molecular formula is C14H14Cl2N4O. The van der Waals surface area contributed by atoms with Crippen LogP contribution in [0.3, 0.4) is 0 Å². The molecule has 0 atom stereocenters. The highest BCUT2D eigenvalue weighted by atomic mass is 35.5. The molecule has 1 aromatic heterocycles. The van der Waals surface area contributed by atoms with Crippen molar-refractivity contribution in [2.75, 3.05) is 19.0 Å². The maximum atomic E-state index is 12.1. The van der Waals surface area contributed by atoms with Gasteiger partial charge in [-0.15, -0.1) is 0 Å². The number of amides is 1. The molecule has 7 heteroatoms. The lowest BCUT2D eigenvalue weighted by Crippen LogP contribution is -2.24. The zero-order chi connectivity index (χ0) is 15.4. The fourth-order valence-electron chi connectivity index (χ4n) is 1.65. The van der Waals surface area contributed by atoms with E-state index in [1.165, 1.54) is 6.07 Å². The molecule has 2 rings (SSSR count). The summed E-state index contributed by atoms with van der Waals surface area (Å²) in [6, 6.07) is 6.52. The monoisotopic (exact) mass is 324 g/mol. The molecule has 0 saturated heterocycles. The molecule has 1 amide bonds. The van der Waals surface area contributed by atoms with Crippen molar-refractivity contribution in [2.45, 2.75) is 6.54 Å². The van der Waals surface area contributed by atoms with Crippen LogP contribution in [0, 0.1) is 0 Å². The molecule has 0 aliphatic heterocycles. The summed E-state index contributed by atoms with van der Waals surface area (Å²) >= 11 is 11.8. The van der Waals surface area contributed by atoms with E-state index in [0.29, 0.717) is 21.4 Å². The van der Waals surface area contributed by atoms with Crippen LogP contribution in [0.4, 0.5) is 5.82 Å². The van der Waals surface area contributed by atoms with Crippen LogP contribution in [0.2, 0.25) is 10.0 Å². The molecule has 1 aromatic carbocycles. The highest BCUT2D eigenvalue weighted by Crippen LogP contribution is 2.20. The molecule has 0 aliphatic carbocycles. The SMILES string of the molecule is CN(C)c1ccnc(CNC(=O)c2ccc(Cl)cc2Cl)n1. The number of carbonyl (C=O) groups is 1. The van der Waals surface area contributed by atoms with E-state index in [-0.39, 0.29) is 12.5 Å². The van der Waals surface area contributed by atoms with Crippen LogP contribution >= 0.6 is 23.2 Å². The molecule has 110 valence electrons. The lowest BCUT2D eigenvalue weighted by atomic mass is 10.2. The van der Waals surface area contributed by atoms with E-state index in [2.05, 4.69) is 15.3 Å². The first kappa shape index (κ1) is 15.5. The van der Waals surface area contributed by atoms with Crippen molar-refractivity contribution in [3.63, 3.8) is 0 Å². The predicted molar refractivity (Wildman–Crippen MR) is 84.0 cm³/mol. The summed E-state index contributed by atoms with van der Waals surface area (Å²) in [6.45, 7) is 0.222. The Morgan fingerprint density at radius 1 is 1.29 bits per heavy atom. The van der Waals surface area contributed by atoms with Crippen molar-refractivity contribution in [1.29, 1.82) is 0 Å². The van der Waals surface area contributed by atoms with Crippen LogP contribution in [0.5, 0.6) is 0 Å². The van der Waals surface area contributed by atoms with Gasteiger partial charge in [-0.2, -0.15) is 0 Å². The fraction of sp³-hybridized carbons (Fsp3) is 0.214. The summed E-state index contributed by atoms with van der Waals surface area (Å²) in [5.41, 5.74) is 0.366. The summed E-state index contributed by atoms with van der Waals surface area (Å²) < 4.78 is 0. The molecule has 0 spiro atoms. The van der Waals surface area contributed by atoms with Crippen molar-refractivity contribution >= 4 is 34.9 Å². The quantitative estimate of drug-likeness (QED) is 0.939. The normalized spacial score (nSPS) is 10.3.